The van der Waals surface area contributed by atoms with Gasteiger partial charge >= 0.3 is 0 Å². The van der Waals surface area contributed by atoms with E-state index < -0.39 is 4.92 Å². The van der Waals surface area contributed by atoms with E-state index in [2.05, 4.69) is 10.2 Å². The Hall–Kier alpha value is -2.21. The summed E-state index contributed by atoms with van der Waals surface area (Å²) in [5.41, 5.74) is 0.717. The molecule has 0 radical (unpaired) electrons. The molecule has 0 spiro atoms. The second-order valence-corrected chi connectivity index (χ2v) is 3.89. The van der Waals surface area contributed by atoms with Gasteiger partial charge in [-0.05, 0) is 24.6 Å². The van der Waals surface area contributed by atoms with E-state index in [1.807, 2.05) is 0 Å². The lowest BCUT2D eigenvalue weighted by molar-refractivity contribution is -0.384. The van der Waals surface area contributed by atoms with Crippen molar-refractivity contribution in [3.8, 4) is 11.6 Å². The lowest BCUT2D eigenvalue weighted by Crippen LogP contribution is -1.94. The molecule has 92 valence electrons. The first-order chi connectivity index (χ1) is 8.56. The summed E-state index contributed by atoms with van der Waals surface area (Å²) < 4.78 is 5.42. The smallest absolute Gasteiger partial charge is 0.273 e. The molecule has 0 fully saturated rings. The summed E-state index contributed by atoms with van der Waals surface area (Å²) in [5.74, 6) is 0.587. The normalized spacial score (nSPS) is 10.1. The molecule has 1 aromatic carbocycles. The standard InChI is InChI=1S/C11H8ClN3O3/c1-7-2-3-8(15(16)17)6-9(7)18-11-5-4-10(12)13-14-11/h2-6H,1H3. The zero-order chi connectivity index (χ0) is 13.1. The molecule has 0 unspecified atom stereocenters. The van der Waals surface area contributed by atoms with Crippen LogP contribution in [0.2, 0.25) is 5.15 Å². The van der Waals surface area contributed by atoms with Crippen LogP contribution in [0.3, 0.4) is 0 Å². The highest BCUT2D eigenvalue weighted by molar-refractivity contribution is 6.29. The first kappa shape index (κ1) is 12.3. The van der Waals surface area contributed by atoms with Crippen molar-refractivity contribution >= 4 is 17.3 Å². The van der Waals surface area contributed by atoms with Gasteiger partial charge in [-0.25, -0.2) is 0 Å². The van der Waals surface area contributed by atoms with Crippen molar-refractivity contribution in [1.82, 2.24) is 10.2 Å². The molecule has 0 aliphatic rings. The fraction of sp³-hybridized carbons (Fsp3) is 0.0909. The number of benzene rings is 1. The maximum Gasteiger partial charge on any atom is 0.273 e. The third-order valence-electron chi connectivity index (χ3n) is 2.20. The van der Waals surface area contributed by atoms with Gasteiger partial charge in [0, 0.05) is 12.1 Å². The summed E-state index contributed by atoms with van der Waals surface area (Å²) in [4.78, 5) is 10.2. The van der Waals surface area contributed by atoms with Crippen LogP contribution in [-0.2, 0) is 0 Å². The number of nitro benzene ring substituents is 1. The van der Waals surface area contributed by atoms with E-state index in [1.165, 1.54) is 24.3 Å². The fourth-order valence-corrected chi connectivity index (χ4v) is 1.38. The van der Waals surface area contributed by atoms with Gasteiger partial charge in [0.15, 0.2) is 5.15 Å². The van der Waals surface area contributed by atoms with Crippen LogP contribution < -0.4 is 4.74 Å². The summed E-state index contributed by atoms with van der Waals surface area (Å²) in [5, 5.41) is 18.2. The number of hydrogen-bond acceptors (Lipinski definition) is 5. The Kier molecular flexibility index (Phi) is 3.38. The largest absolute Gasteiger partial charge is 0.437 e. The van der Waals surface area contributed by atoms with Gasteiger partial charge in [0.2, 0.25) is 5.88 Å². The van der Waals surface area contributed by atoms with Crippen molar-refractivity contribution in [2.75, 3.05) is 0 Å². The number of hydrogen-bond donors (Lipinski definition) is 0. The molecular weight excluding hydrogens is 258 g/mol. The Balaban J connectivity index is 2.30. The van der Waals surface area contributed by atoms with Crippen molar-refractivity contribution < 1.29 is 9.66 Å². The summed E-state index contributed by atoms with van der Waals surface area (Å²) in [6.07, 6.45) is 0. The van der Waals surface area contributed by atoms with Crippen LogP contribution in [0.1, 0.15) is 5.56 Å². The summed E-state index contributed by atoms with van der Waals surface area (Å²) in [6, 6.07) is 7.42. The fourth-order valence-electron chi connectivity index (χ4n) is 1.28. The van der Waals surface area contributed by atoms with Gasteiger partial charge < -0.3 is 4.74 Å². The Labute approximate surface area is 107 Å². The number of rotatable bonds is 3. The quantitative estimate of drug-likeness (QED) is 0.629. The molecule has 0 atom stereocenters. The molecule has 1 aromatic heterocycles. The van der Waals surface area contributed by atoms with E-state index in [0.717, 1.165) is 5.56 Å². The second-order valence-electron chi connectivity index (χ2n) is 3.50. The Morgan fingerprint density at radius 3 is 2.67 bits per heavy atom. The molecule has 0 saturated heterocycles. The summed E-state index contributed by atoms with van der Waals surface area (Å²) in [7, 11) is 0. The Morgan fingerprint density at radius 1 is 1.28 bits per heavy atom. The first-order valence-electron chi connectivity index (χ1n) is 4.98. The Morgan fingerprint density at radius 2 is 2.06 bits per heavy atom. The van der Waals surface area contributed by atoms with E-state index in [0.29, 0.717) is 5.75 Å². The third-order valence-corrected chi connectivity index (χ3v) is 2.41. The SMILES string of the molecule is Cc1ccc([N+](=O)[O-])cc1Oc1ccc(Cl)nn1. The molecule has 6 nitrogen and oxygen atoms in total. The van der Waals surface area contributed by atoms with E-state index >= 15 is 0 Å². The molecule has 0 aliphatic heterocycles. The monoisotopic (exact) mass is 265 g/mol. The predicted octanol–water partition coefficient (Wildman–Crippen LogP) is 3.14. The van der Waals surface area contributed by atoms with Crippen LogP contribution in [-0.4, -0.2) is 15.1 Å². The maximum atomic E-state index is 10.7. The average Bonchev–Trinajstić information content (AvgIpc) is 2.34. The molecule has 7 heteroatoms. The Bertz CT molecular complexity index is 587. The van der Waals surface area contributed by atoms with Gasteiger partial charge in [0.05, 0.1) is 11.0 Å². The summed E-state index contributed by atoms with van der Waals surface area (Å²) in [6.45, 7) is 1.78. The summed E-state index contributed by atoms with van der Waals surface area (Å²) >= 11 is 5.59. The maximum absolute atomic E-state index is 10.7. The zero-order valence-electron chi connectivity index (χ0n) is 9.33. The highest BCUT2D eigenvalue weighted by Gasteiger charge is 2.10. The van der Waals surface area contributed by atoms with Crippen molar-refractivity contribution in [1.29, 1.82) is 0 Å². The average molecular weight is 266 g/mol. The van der Waals surface area contributed by atoms with Gasteiger partial charge in [0.25, 0.3) is 5.69 Å². The van der Waals surface area contributed by atoms with Gasteiger partial charge in [-0.15, -0.1) is 10.2 Å². The van der Waals surface area contributed by atoms with Gasteiger partial charge in [0.1, 0.15) is 5.75 Å². The molecular formula is C11H8ClN3O3. The topological polar surface area (TPSA) is 78.2 Å². The lowest BCUT2D eigenvalue weighted by atomic mass is 10.2. The number of ether oxygens (including phenoxy) is 1. The van der Waals surface area contributed by atoms with Crippen molar-refractivity contribution in [2.45, 2.75) is 6.92 Å². The minimum atomic E-state index is -0.486. The van der Waals surface area contributed by atoms with Crippen LogP contribution in [0.25, 0.3) is 0 Å². The van der Waals surface area contributed by atoms with Gasteiger partial charge in [-0.2, -0.15) is 0 Å². The third kappa shape index (κ3) is 2.72. The molecule has 18 heavy (non-hydrogen) atoms. The molecule has 2 rings (SSSR count). The van der Waals surface area contributed by atoms with Crippen LogP contribution in [0, 0.1) is 17.0 Å². The minimum absolute atomic E-state index is 0.0440. The molecule has 0 N–H and O–H groups in total. The molecule has 0 saturated carbocycles. The van der Waals surface area contributed by atoms with Crippen molar-refractivity contribution in [2.24, 2.45) is 0 Å². The van der Waals surface area contributed by atoms with E-state index in [1.54, 1.807) is 13.0 Å². The molecule has 0 bridgehead atoms. The number of aromatic nitrogens is 2. The zero-order valence-corrected chi connectivity index (χ0v) is 10.1. The molecule has 0 amide bonds. The second kappa shape index (κ2) is 4.97. The van der Waals surface area contributed by atoms with E-state index in [4.69, 9.17) is 16.3 Å². The highest BCUT2D eigenvalue weighted by Crippen LogP contribution is 2.27. The van der Waals surface area contributed by atoms with Crippen molar-refractivity contribution in [3.63, 3.8) is 0 Å². The number of aryl methyl sites for hydroxylation is 1. The van der Waals surface area contributed by atoms with Crippen molar-refractivity contribution in [3.05, 3.63) is 51.2 Å². The minimum Gasteiger partial charge on any atom is -0.437 e. The van der Waals surface area contributed by atoms with Crippen LogP contribution >= 0.6 is 11.6 Å². The first-order valence-corrected chi connectivity index (χ1v) is 5.36. The molecule has 2 aromatic rings. The highest BCUT2D eigenvalue weighted by atomic mass is 35.5. The van der Waals surface area contributed by atoms with Crippen LogP contribution in [0.5, 0.6) is 11.6 Å². The number of nitrogens with zero attached hydrogens (tertiary/aromatic N) is 3. The van der Waals surface area contributed by atoms with Crippen LogP contribution in [0.15, 0.2) is 30.3 Å². The van der Waals surface area contributed by atoms with E-state index in [-0.39, 0.29) is 16.7 Å². The molecule has 1 heterocycles. The van der Waals surface area contributed by atoms with Gasteiger partial charge in [-0.3, -0.25) is 10.1 Å². The molecule has 0 aliphatic carbocycles. The predicted molar refractivity (Wildman–Crippen MR) is 64.9 cm³/mol. The van der Waals surface area contributed by atoms with Crippen LogP contribution in [0.4, 0.5) is 5.69 Å². The number of halogens is 1. The lowest BCUT2D eigenvalue weighted by Gasteiger charge is -2.06. The number of non-ortho nitro benzene ring substituents is 1. The number of nitro groups is 1. The van der Waals surface area contributed by atoms with E-state index in [9.17, 15) is 10.1 Å². The van der Waals surface area contributed by atoms with Gasteiger partial charge in [-0.1, -0.05) is 11.6 Å².